The van der Waals surface area contributed by atoms with Crippen molar-refractivity contribution in [1.82, 2.24) is 24.5 Å². The SMILES string of the molecule is CCCn1c(SCC(=O)Nc2cc(-c3ccc(Cl)cc3)nn2C)n[nH]c1=O. The number of nitrogens with zero attached hydrogens (tertiary/aromatic N) is 4. The van der Waals surface area contributed by atoms with Gasteiger partial charge in [-0.3, -0.25) is 14.0 Å². The number of hydrogen-bond donors (Lipinski definition) is 2. The van der Waals surface area contributed by atoms with E-state index in [9.17, 15) is 9.59 Å². The molecule has 2 N–H and O–H groups in total. The van der Waals surface area contributed by atoms with Crippen LogP contribution in [0.2, 0.25) is 5.02 Å². The Hall–Kier alpha value is -2.52. The molecule has 3 rings (SSSR count). The van der Waals surface area contributed by atoms with Crippen LogP contribution in [0.3, 0.4) is 0 Å². The molecule has 0 saturated carbocycles. The number of aromatic nitrogens is 5. The Balaban J connectivity index is 1.65. The normalized spacial score (nSPS) is 10.9. The summed E-state index contributed by atoms with van der Waals surface area (Å²) in [5, 5.41) is 14.8. The maximum atomic E-state index is 12.3. The average molecular weight is 407 g/mol. The molecular weight excluding hydrogens is 388 g/mol. The van der Waals surface area contributed by atoms with Crippen LogP contribution in [0.1, 0.15) is 13.3 Å². The van der Waals surface area contributed by atoms with Crippen LogP contribution in [0.15, 0.2) is 40.3 Å². The lowest BCUT2D eigenvalue weighted by Gasteiger charge is -2.05. The molecule has 0 aliphatic heterocycles. The van der Waals surface area contributed by atoms with Crippen molar-refractivity contribution in [2.24, 2.45) is 7.05 Å². The van der Waals surface area contributed by atoms with E-state index in [1.807, 2.05) is 19.1 Å². The molecule has 0 unspecified atom stereocenters. The van der Waals surface area contributed by atoms with Gasteiger partial charge in [0.05, 0.1) is 11.4 Å². The molecule has 1 aromatic carbocycles. The van der Waals surface area contributed by atoms with Gasteiger partial charge in [0.25, 0.3) is 0 Å². The molecule has 0 bridgehead atoms. The molecule has 142 valence electrons. The first kappa shape index (κ1) is 19.2. The minimum absolute atomic E-state index is 0.134. The van der Waals surface area contributed by atoms with Gasteiger partial charge in [-0.1, -0.05) is 42.4 Å². The number of rotatable bonds is 7. The molecule has 2 heterocycles. The number of nitrogens with one attached hydrogen (secondary N) is 2. The van der Waals surface area contributed by atoms with Gasteiger partial charge < -0.3 is 5.32 Å². The molecule has 1 amide bonds. The number of benzene rings is 1. The van der Waals surface area contributed by atoms with Crippen LogP contribution in [-0.4, -0.2) is 36.2 Å². The summed E-state index contributed by atoms with van der Waals surface area (Å²) < 4.78 is 3.13. The first-order chi connectivity index (χ1) is 13.0. The van der Waals surface area contributed by atoms with Crippen LogP contribution in [0, 0.1) is 0 Å². The van der Waals surface area contributed by atoms with E-state index in [0.29, 0.717) is 22.5 Å². The van der Waals surface area contributed by atoms with Crippen molar-refractivity contribution in [3.05, 3.63) is 45.8 Å². The maximum Gasteiger partial charge on any atom is 0.343 e. The predicted octanol–water partition coefficient (Wildman–Crippen LogP) is 2.77. The summed E-state index contributed by atoms with van der Waals surface area (Å²) in [6.07, 6.45) is 0.807. The van der Waals surface area contributed by atoms with Crippen LogP contribution < -0.4 is 11.0 Å². The maximum absolute atomic E-state index is 12.3. The molecule has 8 nitrogen and oxygen atoms in total. The third-order valence-electron chi connectivity index (χ3n) is 3.79. The van der Waals surface area contributed by atoms with Crippen molar-refractivity contribution in [3.63, 3.8) is 0 Å². The molecule has 10 heteroatoms. The number of thioether (sulfide) groups is 1. The number of H-pyrrole nitrogens is 1. The smallest absolute Gasteiger partial charge is 0.310 e. The minimum atomic E-state index is -0.265. The lowest BCUT2D eigenvalue weighted by Crippen LogP contribution is -2.19. The van der Waals surface area contributed by atoms with Gasteiger partial charge in [0, 0.05) is 30.2 Å². The number of aryl methyl sites for hydroxylation is 1. The summed E-state index contributed by atoms with van der Waals surface area (Å²) in [6.45, 7) is 2.53. The van der Waals surface area contributed by atoms with Gasteiger partial charge in [-0.15, -0.1) is 5.10 Å². The average Bonchev–Trinajstić information content (AvgIpc) is 3.18. The van der Waals surface area contributed by atoms with Gasteiger partial charge in [-0.05, 0) is 18.6 Å². The molecule has 0 spiro atoms. The number of aromatic amines is 1. The standard InChI is InChI=1S/C17H19ClN6O2S/c1-3-8-24-16(26)20-21-17(24)27-10-15(25)19-14-9-13(22-23(14)2)11-4-6-12(18)7-5-11/h4-7,9H,3,8,10H2,1-2H3,(H,19,25)(H,20,26). The van der Waals surface area contributed by atoms with Gasteiger partial charge in [0.1, 0.15) is 5.82 Å². The summed E-state index contributed by atoms with van der Waals surface area (Å²) in [6, 6.07) is 9.13. The van der Waals surface area contributed by atoms with E-state index in [0.717, 1.165) is 17.7 Å². The second-order valence-electron chi connectivity index (χ2n) is 5.85. The van der Waals surface area contributed by atoms with Crippen LogP contribution in [-0.2, 0) is 18.4 Å². The molecule has 0 radical (unpaired) electrons. The predicted molar refractivity (Wildman–Crippen MR) is 106 cm³/mol. The van der Waals surface area contributed by atoms with E-state index in [4.69, 9.17) is 11.6 Å². The molecule has 0 atom stereocenters. The Morgan fingerprint density at radius 1 is 1.33 bits per heavy atom. The number of carbonyl (C=O) groups excluding carboxylic acids is 1. The Kier molecular flexibility index (Phi) is 6.02. The summed E-state index contributed by atoms with van der Waals surface area (Å²) >= 11 is 7.12. The Morgan fingerprint density at radius 2 is 2.07 bits per heavy atom. The van der Waals surface area contributed by atoms with E-state index in [1.54, 1.807) is 29.9 Å². The summed E-state index contributed by atoms with van der Waals surface area (Å²) in [5.74, 6) is 0.512. The van der Waals surface area contributed by atoms with Crippen LogP contribution in [0.5, 0.6) is 0 Å². The minimum Gasteiger partial charge on any atom is -0.310 e. The van der Waals surface area contributed by atoms with Gasteiger partial charge in [0.15, 0.2) is 5.16 Å². The largest absolute Gasteiger partial charge is 0.343 e. The molecule has 27 heavy (non-hydrogen) atoms. The fraction of sp³-hybridized carbons (Fsp3) is 0.294. The zero-order valence-electron chi connectivity index (χ0n) is 14.9. The van der Waals surface area contributed by atoms with Gasteiger partial charge >= 0.3 is 5.69 Å². The first-order valence-corrected chi connectivity index (χ1v) is 9.72. The van der Waals surface area contributed by atoms with Gasteiger partial charge in [0.2, 0.25) is 5.91 Å². The van der Waals surface area contributed by atoms with E-state index in [-0.39, 0.29) is 17.3 Å². The van der Waals surface area contributed by atoms with Crippen molar-refractivity contribution < 1.29 is 4.79 Å². The summed E-state index contributed by atoms with van der Waals surface area (Å²) in [4.78, 5) is 24.0. The van der Waals surface area contributed by atoms with Crippen LogP contribution in [0.25, 0.3) is 11.3 Å². The van der Waals surface area contributed by atoms with Crippen molar-refractivity contribution in [3.8, 4) is 11.3 Å². The Bertz CT molecular complexity index is 992. The third kappa shape index (κ3) is 4.61. The highest BCUT2D eigenvalue weighted by molar-refractivity contribution is 7.99. The Morgan fingerprint density at radius 3 is 2.78 bits per heavy atom. The number of hydrogen-bond acceptors (Lipinski definition) is 5. The number of amides is 1. The van der Waals surface area contributed by atoms with E-state index < -0.39 is 0 Å². The summed E-state index contributed by atoms with van der Waals surface area (Å²) in [7, 11) is 1.76. The van der Waals surface area contributed by atoms with E-state index >= 15 is 0 Å². The van der Waals surface area contributed by atoms with E-state index in [1.165, 1.54) is 16.3 Å². The number of carbonyl (C=O) groups is 1. The van der Waals surface area contributed by atoms with Crippen LogP contribution >= 0.6 is 23.4 Å². The zero-order valence-corrected chi connectivity index (χ0v) is 16.5. The molecular formula is C17H19ClN6O2S. The van der Waals surface area contributed by atoms with Crippen molar-refractivity contribution in [2.75, 3.05) is 11.1 Å². The topological polar surface area (TPSA) is 97.6 Å². The van der Waals surface area contributed by atoms with Crippen molar-refractivity contribution in [1.29, 1.82) is 0 Å². The highest BCUT2D eigenvalue weighted by Gasteiger charge is 2.13. The van der Waals surface area contributed by atoms with Crippen molar-refractivity contribution in [2.45, 2.75) is 25.0 Å². The molecule has 0 fully saturated rings. The zero-order chi connectivity index (χ0) is 19.4. The molecule has 2 aromatic heterocycles. The lowest BCUT2D eigenvalue weighted by atomic mass is 10.1. The van der Waals surface area contributed by atoms with E-state index in [2.05, 4.69) is 20.6 Å². The molecule has 0 aliphatic carbocycles. The summed E-state index contributed by atoms with van der Waals surface area (Å²) in [5.41, 5.74) is 1.38. The van der Waals surface area contributed by atoms with Gasteiger partial charge in [-0.25, -0.2) is 9.89 Å². The highest BCUT2D eigenvalue weighted by atomic mass is 35.5. The number of anilines is 1. The second kappa shape index (κ2) is 8.45. The number of halogens is 1. The monoisotopic (exact) mass is 406 g/mol. The third-order valence-corrected chi connectivity index (χ3v) is 5.02. The first-order valence-electron chi connectivity index (χ1n) is 8.35. The highest BCUT2D eigenvalue weighted by Crippen LogP contribution is 2.23. The fourth-order valence-electron chi connectivity index (χ4n) is 2.49. The molecule has 0 aliphatic rings. The Labute approximate surface area is 164 Å². The quantitative estimate of drug-likeness (QED) is 0.588. The fourth-order valence-corrected chi connectivity index (χ4v) is 3.39. The van der Waals surface area contributed by atoms with Gasteiger partial charge in [-0.2, -0.15) is 5.10 Å². The molecule has 3 aromatic rings. The van der Waals surface area contributed by atoms with Crippen molar-refractivity contribution >= 4 is 35.1 Å². The second-order valence-corrected chi connectivity index (χ2v) is 7.22. The molecule has 0 saturated heterocycles. The van der Waals surface area contributed by atoms with Crippen LogP contribution in [0.4, 0.5) is 5.82 Å². The lowest BCUT2D eigenvalue weighted by molar-refractivity contribution is -0.113.